The number of carbonyl (C=O) groups is 2. The molecule has 0 atom stereocenters. The van der Waals surface area contributed by atoms with Crippen LogP contribution in [0.2, 0.25) is 0 Å². The van der Waals surface area contributed by atoms with Gasteiger partial charge >= 0.3 is 6.03 Å². The Kier molecular flexibility index (Phi) is 3.07. The number of hydrogen-bond acceptors (Lipinski definition) is 2. The minimum absolute atomic E-state index is 0.274. The molecule has 0 spiro atoms. The zero-order valence-corrected chi connectivity index (χ0v) is 10.4. The predicted octanol–water partition coefficient (Wildman–Crippen LogP) is 2.44. The molecule has 18 heavy (non-hydrogen) atoms. The largest absolute Gasteiger partial charge is 0.329 e. The van der Waals surface area contributed by atoms with E-state index >= 15 is 0 Å². The zero-order chi connectivity index (χ0) is 13.3. The number of carbonyl (C=O) groups excluding carboxylic acids is 2. The first-order valence-corrected chi connectivity index (χ1v) is 5.96. The second kappa shape index (κ2) is 4.40. The molecular formula is C13H15FN2O2. The summed E-state index contributed by atoms with van der Waals surface area (Å²) < 4.78 is 12.8. The highest BCUT2D eigenvalue weighted by Gasteiger charge is 2.49. The van der Waals surface area contributed by atoms with E-state index in [0.717, 1.165) is 4.90 Å². The summed E-state index contributed by atoms with van der Waals surface area (Å²) >= 11 is 0. The number of nitrogens with one attached hydrogen (secondary N) is 1. The van der Waals surface area contributed by atoms with Crippen LogP contribution in [-0.4, -0.2) is 17.5 Å². The van der Waals surface area contributed by atoms with Crippen molar-refractivity contribution in [2.24, 2.45) is 0 Å². The molecule has 0 unspecified atom stereocenters. The summed E-state index contributed by atoms with van der Waals surface area (Å²) in [7, 11) is 0. The van der Waals surface area contributed by atoms with E-state index in [1.807, 2.05) is 13.8 Å². The van der Waals surface area contributed by atoms with Crippen molar-refractivity contribution in [1.82, 2.24) is 5.32 Å². The van der Waals surface area contributed by atoms with Gasteiger partial charge in [-0.25, -0.2) is 14.1 Å². The molecule has 4 nitrogen and oxygen atoms in total. The molecule has 1 aromatic carbocycles. The van der Waals surface area contributed by atoms with Crippen LogP contribution in [0.4, 0.5) is 14.9 Å². The number of imide groups is 1. The number of rotatable bonds is 3. The lowest BCUT2D eigenvalue weighted by molar-refractivity contribution is -0.122. The van der Waals surface area contributed by atoms with Crippen molar-refractivity contribution in [1.29, 1.82) is 0 Å². The normalized spacial score (nSPS) is 18.1. The van der Waals surface area contributed by atoms with Gasteiger partial charge in [0.05, 0.1) is 5.69 Å². The van der Waals surface area contributed by atoms with Crippen LogP contribution in [0.25, 0.3) is 0 Å². The summed E-state index contributed by atoms with van der Waals surface area (Å²) in [5, 5.41) is 2.72. The second-order valence-corrected chi connectivity index (χ2v) is 4.34. The number of anilines is 1. The topological polar surface area (TPSA) is 49.4 Å². The third-order valence-corrected chi connectivity index (χ3v) is 3.45. The molecule has 1 heterocycles. The van der Waals surface area contributed by atoms with Gasteiger partial charge in [-0.05, 0) is 37.1 Å². The van der Waals surface area contributed by atoms with E-state index in [1.165, 1.54) is 24.3 Å². The maximum absolute atomic E-state index is 12.8. The number of hydrogen-bond donors (Lipinski definition) is 1. The van der Waals surface area contributed by atoms with Crippen molar-refractivity contribution in [3.63, 3.8) is 0 Å². The van der Waals surface area contributed by atoms with E-state index in [4.69, 9.17) is 0 Å². The molecule has 0 aromatic heterocycles. The van der Waals surface area contributed by atoms with Crippen LogP contribution < -0.4 is 10.2 Å². The molecule has 0 aliphatic carbocycles. The molecule has 1 fully saturated rings. The van der Waals surface area contributed by atoms with Crippen molar-refractivity contribution in [2.75, 3.05) is 4.90 Å². The molecule has 3 amide bonds. The quantitative estimate of drug-likeness (QED) is 0.838. The lowest BCUT2D eigenvalue weighted by atomic mass is 9.93. The van der Waals surface area contributed by atoms with Gasteiger partial charge in [-0.2, -0.15) is 0 Å². The lowest BCUT2D eigenvalue weighted by Crippen LogP contribution is -2.45. The molecule has 96 valence electrons. The van der Waals surface area contributed by atoms with Gasteiger partial charge in [0, 0.05) is 0 Å². The first-order valence-electron chi connectivity index (χ1n) is 5.96. The molecule has 1 N–H and O–H groups in total. The Morgan fingerprint density at radius 2 is 1.72 bits per heavy atom. The number of halogens is 1. The summed E-state index contributed by atoms with van der Waals surface area (Å²) in [6.07, 6.45) is 1.07. The fourth-order valence-electron chi connectivity index (χ4n) is 2.17. The van der Waals surface area contributed by atoms with Crippen LogP contribution in [0.3, 0.4) is 0 Å². The van der Waals surface area contributed by atoms with Gasteiger partial charge in [0.15, 0.2) is 0 Å². The molecule has 0 radical (unpaired) electrons. The Morgan fingerprint density at radius 3 is 2.17 bits per heavy atom. The summed E-state index contributed by atoms with van der Waals surface area (Å²) in [5.74, 6) is -0.674. The molecule has 0 bridgehead atoms. The maximum Gasteiger partial charge on any atom is 0.329 e. The van der Waals surface area contributed by atoms with Gasteiger partial charge in [-0.3, -0.25) is 4.79 Å². The van der Waals surface area contributed by atoms with E-state index in [0.29, 0.717) is 18.5 Å². The molecule has 2 rings (SSSR count). The van der Waals surface area contributed by atoms with Crippen LogP contribution >= 0.6 is 0 Å². The van der Waals surface area contributed by atoms with Crippen molar-refractivity contribution in [2.45, 2.75) is 32.2 Å². The third kappa shape index (κ3) is 1.75. The highest BCUT2D eigenvalue weighted by molar-refractivity contribution is 6.23. The average molecular weight is 250 g/mol. The second-order valence-electron chi connectivity index (χ2n) is 4.34. The fourth-order valence-corrected chi connectivity index (χ4v) is 2.17. The van der Waals surface area contributed by atoms with Crippen LogP contribution in [0.1, 0.15) is 26.7 Å². The summed E-state index contributed by atoms with van der Waals surface area (Å²) in [6.45, 7) is 3.71. The van der Waals surface area contributed by atoms with Crippen molar-refractivity contribution in [3.05, 3.63) is 30.1 Å². The molecule has 1 saturated heterocycles. The van der Waals surface area contributed by atoms with E-state index < -0.39 is 17.4 Å². The van der Waals surface area contributed by atoms with E-state index in [9.17, 15) is 14.0 Å². The van der Waals surface area contributed by atoms with Gasteiger partial charge in [0.2, 0.25) is 0 Å². The Bertz CT molecular complexity index is 480. The van der Waals surface area contributed by atoms with E-state index in [2.05, 4.69) is 5.32 Å². The smallest absolute Gasteiger partial charge is 0.323 e. The zero-order valence-electron chi connectivity index (χ0n) is 10.4. The minimum Gasteiger partial charge on any atom is -0.323 e. The highest BCUT2D eigenvalue weighted by atomic mass is 19.1. The summed E-state index contributed by atoms with van der Waals surface area (Å²) in [4.78, 5) is 25.3. The fraction of sp³-hybridized carbons (Fsp3) is 0.385. The van der Waals surface area contributed by atoms with Crippen LogP contribution in [0.15, 0.2) is 24.3 Å². The summed E-state index contributed by atoms with van der Waals surface area (Å²) in [6, 6.07) is 4.86. The predicted molar refractivity (Wildman–Crippen MR) is 65.7 cm³/mol. The maximum atomic E-state index is 12.8. The first-order chi connectivity index (χ1) is 8.54. The van der Waals surface area contributed by atoms with Gasteiger partial charge in [-0.1, -0.05) is 13.8 Å². The van der Waals surface area contributed by atoms with E-state index in [-0.39, 0.29) is 5.91 Å². The number of benzene rings is 1. The van der Waals surface area contributed by atoms with Crippen molar-refractivity contribution < 1.29 is 14.0 Å². The third-order valence-electron chi connectivity index (χ3n) is 3.45. The average Bonchev–Trinajstić information content (AvgIpc) is 2.63. The summed E-state index contributed by atoms with van der Waals surface area (Å²) in [5.41, 5.74) is -0.437. The number of nitrogens with zero attached hydrogens (tertiary/aromatic N) is 1. The molecule has 1 aromatic rings. The molecule has 1 aliphatic rings. The molecule has 1 aliphatic heterocycles. The Morgan fingerprint density at radius 1 is 1.17 bits per heavy atom. The van der Waals surface area contributed by atoms with Crippen LogP contribution in [0.5, 0.6) is 0 Å². The molecular weight excluding hydrogens is 235 g/mol. The number of urea groups is 1. The minimum atomic E-state index is -0.828. The van der Waals surface area contributed by atoms with Gasteiger partial charge in [0.25, 0.3) is 5.91 Å². The Hall–Kier alpha value is -1.91. The Labute approximate surface area is 105 Å². The van der Waals surface area contributed by atoms with Crippen molar-refractivity contribution >= 4 is 17.6 Å². The van der Waals surface area contributed by atoms with E-state index in [1.54, 1.807) is 0 Å². The molecule has 0 saturated carbocycles. The highest BCUT2D eigenvalue weighted by Crippen LogP contribution is 2.29. The molecule has 5 heteroatoms. The van der Waals surface area contributed by atoms with Gasteiger partial charge < -0.3 is 5.32 Å². The van der Waals surface area contributed by atoms with Crippen LogP contribution in [-0.2, 0) is 4.79 Å². The lowest BCUT2D eigenvalue weighted by Gasteiger charge is -2.23. The SMILES string of the molecule is CCC1(CC)NC(=O)N(c2ccc(F)cc2)C1=O. The van der Waals surface area contributed by atoms with Gasteiger partial charge in [0.1, 0.15) is 11.4 Å². The monoisotopic (exact) mass is 250 g/mol. The van der Waals surface area contributed by atoms with Crippen LogP contribution in [0, 0.1) is 5.82 Å². The standard InChI is InChI=1S/C13H15FN2O2/c1-3-13(4-2)11(17)16(12(18)15-13)10-7-5-9(14)6-8-10/h5-8H,3-4H2,1-2H3,(H,15,18). The van der Waals surface area contributed by atoms with Gasteiger partial charge in [-0.15, -0.1) is 0 Å². The Balaban J connectivity index is 2.38. The first kappa shape index (κ1) is 12.5. The number of amides is 3. The van der Waals surface area contributed by atoms with Crippen molar-refractivity contribution in [3.8, 4) is 0 Å².